The van der Waals surface area contributed by atoms with Crippen LogP contribution in [0.3, 0.4) is 0 Å². The van der Waals surface area contributed by atoms with Gasteiger partial charge in [0, 0.05) is 6.54 Å². The molecule has 7 heteroatoms. The minimum absolute atomic E-state index is 0.0277. The van der Waals surface area contributed by atoms with Crippen LogP contribution in [-0.4, -0.2) is 40.1 Å². The summed E-state index contributed by atoms with van der Waals surface area (Å²) in [7, 11) is -6.38. The molecule has 1 fully saturated rings. The maximum Gasteiger partial charge on any atom is 0.214 e. The molecule has 94 valence electrons. The fraction of sp³-hybridized carbons (Fsp3) is 0.778. The molecule has 0 spiro atoms. The zero-order valence-electron chi connectivity index (χ0n) is 9.05. The van der Waals surface area contributed by atoms with Gasteiger partial charge in [-0.1, -0.05) is 6.08 Å². The van der Waals surface area contributed by atoms with Crippen molar-refractivity contribution in [3.8, 4) is 0 Å². The summed E-state index contributed by atoms with van der Waals surface area (Å²) in [5, 5.41) is -0.569. The average molecular weight is 267 g/mol. The van der Waals surface area contributed by atoms with Gasteiger partial charge < -0.3 is 0 Å². The normalized spacial score (nSPS) is 21.8. The molecule has 1 heterocycles. The molecule has 0 aliphatic carbocycles. The van der Waals surface area contributed by atoms with E-state index < -0.39 is 25.1 Å². The first kappa shape index (κ1) is 13.7. The van der Waals surface area contributed by atoms with E-state index in [0.29, 0.717) is 13.0 Å². The Morgan fingerprint density at radius 3 is 2.38 bits per heavy atom. The van der Waals surface area contributed by atoms with Gasteiger partial charge in [-0.25, -0.2) is 21.6 Å². The lowest BCUT2D eigenvalue weighted by Gasteiger charge is -2.22. The molecule has 0 atom stereocenters. The van der Waals surface area contributed by atoms with E-state index in [1.807, 2.05) is 0 Å². The maximum absolute atomic E-state index is 11.7. The van der Waals surface area contributed by atoms with Crippen LogP contribution in [-0.2, 0) is 19.9 Å². The Morgan fingerprint density at radius 1 is 1.31 bits per heavy atom. The largest absolute Gasteiger partial charge is 0.229 e. The molecule has 1 rings (SSSR count). The fourth-order valence-electron chi connectivity index (χ4n) is 1.60. The summed E-state index contributed by atoms with van der Waals surface area (Å²) < 4.78 is 48.2. The van der Waals surface area contributed by atoms with E-state index in [1.54, 1.807) is 6.08 Å². The number of sulfonamides is 1. The molecule has 0 aromatic rings. The molecule has 5 nitrogen and oxygen atoms in total. The van der Waals surface area contributed by atoms with E-state index in [4.69, 9.17) is 0 Å². The summed E-state index contributed by atoms with van der Waals surface area (Å²) in [6.07, 6.45) is 2.61. The molecule has 0 saturated carbocycles. The topological polar surface area (TPSA) is 80.3 Å². The van der Waals surface area contributed by atoms with Crippen LogP contribution < -0.4 is 4.72 Å². The second kappa shape index (κ2) is 5.29. The van der Waals surface area contributed by atoms with Gasteiger partial charge in [0.1, 0.15) is 9.84 Å². The summed E-state index contributed by atoms with van der Waals surface area (Å²) in [5.41, 5.74) is 0. The number of hydrogen-bond acceptors (Lipinski definition) is 4. The van der Waals surface area contributed by atoms with Crippen molar-refractivity contribution in [2.24, 2.45) is 0 Å². The Balaban J connectivity index is 2.55. The van der Waals surface area contributed by atoms with E-state index in [0.717, 1.165) is 0 Å². The molecule has 0 aromatic carbocycles. The molecule has 0 amide bonds. The van der Waals surface area contributed by atoms with Crippen molar-refractivity contribution in [2.45, 2.75) is 24.5 Å². The van der Waals surface area contributed by atoms with E-state index >= 15 is 0 Å². The smallest absolute Gasteiger partial charge is 0.214 e. The van der Waals surface area contributed by atoms with Crippen LogP contribution in [0.2, 0.25) is 0 Å². The van der Waals surface area contributed by atoms with Crippen molar-refractivity contribution < 1.29 is 16.8 Å². The van der Waals surface area contributed by atoms with E-state index in [-0.39, 0.29) is 24.3 Å². The number of nitrogens with one attached hydrogen (secondary N) is 1. The summed E-state index contributed by atoms with van der Waals surface area (Å²) in [6, 6.07) is 0. The van der Waals surface area contributed by atoms with Gasteiger partial charge in [0.15, 0.2) is 0 Å². The molecule has 0 bridgehead atoms. The first-order valence-electron chi connectivity index (χ1n) is 5.17. The Kier molecular flexibility index (Phi) is 4.52. The lowest BCUT2D eigenvalue weighted by molar-refractivity contribution is 0.543. The number of sulfone groups is 1. The van der Waals surface area contributed by atoms with Crippen LogP contribution in [0.15, 0.2) is 12.7 Å². The van der Waals surface area contributed by atoms with Crippen LogP contribution in [0.25, 0.3) is 0 Å². The van der Waals surface area contributed by atoms with Crippen LogP contribution in [0.1, 0.15) is 19.3 Å². The average Bonchev–Trinajstić information content (AvgIpc) is 2.17. The first-order valence-corrected chi connectivity index (χ1v) is 8.54. The Bertz CT molecular complexity index is 424. The molecule has 0 radical (unpaired) electrons. The van der Waals surface area contributed by atoms with Gasteiger partial charge in [0.25, 0.3) is 0 Å². The molecule has 0 aromatic heterocycles. The zero-order chi connectivity index (χ0) is 12.2. The van der Waals surface area contributed by atoms with Gasteiger partial charge in [0.05, 0.1) is 16.8 Å². The summed E-state index contributed by atoms with van der Waals surface area (Å²) in [6.45, 7) is 3.83. The van der Waals surface area contributed by atoms with Crippen LogP contribution in [0.4, 0.5) is 0 Å². The van der Waals surface area contributed by atoms with E-state index in [9.17, 15) is 16.8 Å². The second-order valence-electron chi connectivity index (χ2n) is 3.87. The molecule has 1 saturated heterocycles. The minimum atomic E-state index is -3.37. The molecular weight excluding hydrogens is 250 g/mol. The Morgan fingerprint density at radius 2 is 1.88 bits per heavy atom. The number of rotatable bonds is 5. The molecule has 16 heavy (non-hydrogen) atoms. The highest BCUT2D eigenvalue weighted by Gasteiger charge is 2.32. The van der Waals surface area contributed by atoms with Crippen LogP contribution >= 0.6 is 0 Å². The quantitative estimate of drug-likeness (QED) is 0.564. The predicted octanol–water partition coefficient (Wildman–Crippen LogP) is 0.0591. The van der Waals surface area contributed by atoms with E-state index in [2.05, 4.69) is 11.3 Å². The van der Waals surface area contributed by atoms with Gasteiger partial charge in [0.2, 0.25) is 10.0 Å². The van der Waals surface area contributed by atoms with Gasteiger partial charge in [-0.2, -0.15) is 0 Å². The predicted molar refractivity (Wildman–Crippen MR) is 63.4 cm³/mol. The summed E-state index contributed by atoms with van der Waals surface area (Å²) in [5.74, 6) is -0.0555. The lowest BCUT2D eigenvalue weighted by atomic mass is 10.2. The lowest BCUT2D eigenvalue weighted by Crippen LogP contribution is -2.40. The Labute approximate surface area is 96.9 Å². The monoisotopic (exact) mass is 267 g/mol. The molecule has 1 N–H and O–H groups in total. The summed E-state index contributed by atoms with van der Waals surface area (Å²) in [4.78, 5) is 0. The second-order valence-corrected chi connectivity index (χ2v) is 8.22. The SMILES string of the molecule is C=CCCNS(=O)(=O)C1CCS(=O)(=O)CC1. The summed E-state index contributed by atoms with van der Waals surface area (Å²) >= 11 is 0. The highest BCUT2D eigenvalue weighted by molar-refractivity contribution is 7.92. The van der Waals surface area contributed by atoms with Crippen molar-refractivity contribution in [3.63, 3.8) is 0 Å². The zero-order valence-corrected chi connectivity index (χ0v) is 10.7. The maximum atomic E-state index is 11.7. The van der Waals surface area contributed by atoms with Crippen LogP contribution in [0.5, 0.6) is 0 Å². The molecule has 0 unspecified atom stereocenters. The molecular formula is C9H17NO4S2. The van der Waals surface area contributed by atoms with Crippen molar-refractivity contribution in [2.75, 3.05) is 18.1 Å². The van der Waals surface area contributed by atoms with Gasteiger partial charge >= 0.3 is 0 Å². The van der Waals surface area contributed by atoms with Crippen molar-refractivity contribution in [1.29, 1.82) is 0 Å². The van der Waals surface area contributed by atoms with Crippen molar-refractivity contribution >= 4 is 19.9 Å². The molecule has 1 aliphatic heterocycles. The third-order valence-electron chi connectivity index (χ3n) is 2.59. The van der Waals surface area contributed by atoms with Crippen molar-refractivity contribution in [3.05, 3.63) is 12.7 Å². The highest BCUT2D eigenvalue weighted by atomic mass is 32.2. The molecule has 1 aliphatic rings. The number of hydrogen-bond donors (Lipinski definition) is 1. The first-order chi connectivity index (χ1) is 7.37. The standard InChI is InChI=1S/C9H17NO4S2/c1-2-3-6-10-16(13,14)9-4-7-15(11,12)8-5-9/h2,9-10H,1,3-8H2. The van der Waals surface area contributed by atoms with Gasteiger partial charge in [-0.3, -0.25) is 0 Å². The third-order valence-corrected chi connectivity index (χ3v) is 6.26. The fourth-order valence-corrected chi connectivity index (χ4v) is 4.88. The minimum Gasteiger partial charge on any atom is -0.229 e. The highest BCUT2D eigenvalue weighted by Crippen LogP contribution is 2.18. The van der Waals surface area contributed by atoms with Crippen molar-refractivity contribution in [1.82, 2.24) is 4.72 Å². The Hall–Kier alpha value is -0.400. The van der Waals surface area contributed by atoms with Crippen LogP contribution in [0, 0.1) is 0 Å². The van der Waals surface area contributed by atoms with Gasteiger partial charge in [-0.05, 0) is 19.3 Å². The van der Waals surface area contributed by atoms with Gasteiger partial charge in [-0.15, -0.1) is 6.58 Å². The third kappa shape index (κ3) is 3.88. The van der Waals surface area contributed by atoms with E-state index in [1.165, 1.54) is 0 Å².